The molecule has 1 amide bonds. The molecule has 0 spiro atoms. The smallest absolute Gasteiger partial charge is 0.251 e. The first-order valence-electron chi connectivity index (χ1n) is 4.44. The first-order valence-corrected chi connectivity index (χ1v) is 4.44. The molecule has 0 aliphatic carbocycles. The molecule has 0 aromatic heterocycles. The average Bonchev–Trinajstić information content (AvgIpc) is 2.03. The van der Waals surface area contributed by atoms with Gasteiger partial charge in [-0.15, -0.1) is 0 Å². The van der Waals surface area contributed by atoms with Gasteiger partial charge in [0.15, 0.2) is 0 Å². The number of hydrogen-bond acceptors (Lipinski definition) is 1. The zero-order valence-corrected chi connectivity index (χ0v) is 8.18. The van der Waals surface area contributed by atoms with Gasteiger partial charge in [-0.1, -0.05) is 24.3 Å². The van der Waals surface area contributed by atoms with Gasteiger partial charge >= 0.3 is 0 Å². The summed E-state index contributed by atoms with van der Waals surface area (Å²) in [6.45, 7) is 8.43. The summed E-state index contributed by atoms with van der Waals surface area (Å²) in [5.74, 6) is -0.00579. The number of carbonyl (C=O) groups is 1. The van der Waals surface area contributed by atoms with E-state index in [0.29, 0.717) is 5.57 Å². The van der Waals surface area contributed by atoms with E-state index in [2.05, 4.69) is 18.0 Å². The summed E-state index contributed by atoms with van der Waals surface area (Å²) < 4.78 is 0. The monoisotopic (exact) mass is 177 g/mol. The number of allylic oxidation sites excluding steroid dienone is 2. The van der Waals surface area contributed by atoms with Crippen LogP contribution in [0.1, 0.15) is 20.3 Å². The van der Waals surface area contributed by atoms with Crippen LogP contribution in [0.3, 0.4) is 0 Å². The third-order valence-electron chi connectivity index (χ3n) is 1.94. The molecule has 1 heterocycles. The number of hydrogen-bond donors (Lipinski definition) is 1. The normalized spacial score (nSPS) is 16.6. The topological polar surface area (TPSA) is 29.1 Å². The van der Waals surface area contributed by atoms with Crippen molar-refractivity contribution < 1.29 is 4.79 Å². The highest BCUT2D eigenvalue weighted by Crippen LogP contribution is 2.17. The molecule has 2 heteroatoms. The molecular weight excluding hydrogens is 162 g/mol. The highest BCUT2D eigenvalue weighted by atomic mass is 16.1. The Kier molecular flexibility index (Phi) is 3.07. The molecule has 0 saturated heterocycles. The van der Waals surface area contributed by atoms with Crippen molar-refractivity contribution in [2.75, 3.05) is 6.54 Å². The lowest BCUT2D eigenvalue weighted by Gasteiger charge is -2.16. The second kappa shape index (κ2) is 4.08. The standard InChI is InChI=1S/C11H15NO/c1-4-10-9(7-8(2)3)5-6-12-11(10)13/h4,7H,1,5-6H2,2-3H3,(H,12,13). The first kappa shape index (κ1) is 9.78. The van der Waals surface area contributed by atoms with E-state index in [0.717, 1.165) is 18.5 Å². The Balaban J connectivity index is 3.06. The van der Waals surface area contributed by atoms with Crippen molar-refractivity contribution in [3.63, 3.8) is 0 Å². The van der Waals surface area contributed by atoms with Crippen LogP contribution < -0.4 is 5.32 Å². The van der Waals surface area contributed by atoms with Crippen LogP contribution in [0, 0.1) is 0 Å². The van der Waals surface area contributed by atoms with Crippen LogP contribution in [0.2, 0.25) is 0 Å². The van der Waals surface area contributed by atoms with Crippen molar-refractivity contribution in [3.05, 3.63) is 35.5 Å². The van der Waals surface area contributed by atoms with Gasteiger partial charge in [-0.2, -0.15) is 0 Å². The van der Waals surface area contributed by atoms with Gasteiger partial charge in [0.25, 0.3) is 5.91 Å². The summed E-state index contributed by atoms with van der Waals surface area (Å²) in [4.78, 5) is 11.3. The fourth-order valence-corrected chi connectivity index (χ4v) is 1.41. The molecule has 1 N–H and O–H groups in total. The molecule has 70 valence electrons. The Bertz CT molecular complexity index is 293. The van der Waals surface area contributed by atoms with Gasteiger partial charge in [-0.05, 0) is 25.8 Å². The Morgan fingerprint density at radius 1 is 1.54 bits per heavy atom. The molecule has 0 radical (unpaired) electrons. The van der Waals surface area contributed by atoms with Gasteiger partial charge in [-0.3, -0.25) is 4.79 Å². The van der Waals surface area contributed by atoms with E-state index < -0.39 is 0 Å². The largest absolute Gasteiger partial charge is 0.352 e. The minimum atomic E-state index is -0.00579. The quantitative estimate of drug-likeness (QED) is 0.686. The zero-order valence-electron chi connectivity index (χ0n) is 8.18. The van der Waals surface area contributed by atoms with Crippen LogP contribution in [0.15, 0.2) is 35.5 Å². The fourth-order valence-electron chi connectivity index (χ4n) is 1.41. The number of amides is 1. The third kappa shape index (κ3) is 2.31. The Labute approximate surface area is 79.0 Å². The maximum absolute atomic E-state index is 11.3. The Morgan fingerprint density at radius 2 is 2.23 bits per heavy atom. The summed E-state index contributed by atoms with van der Waals surface area (Å²) in [6.07, 6.45) is 4.58. The second-order valence-corrected chi connectivity index (χ2v) is 3.37. The Hall–Kier alpha value is -1.31. The van der Waals surface area contributed by atoms with E-state index in [1.807, 2.05) is 13.8 Å². The summed E-state index contributed by atoms with van der Waals surface area (Å²) in [7, 11) is 0. The number of rotatable bonds is 2. The molecule has 1 aliphatic rings. The van der Waals surface area contributed by atoms with E-state index in [9.17, 15) is 4.79 Å². The van der Waals surface area contributed by atoms with Crippen molar-refractivity contribution in [1.82, 2.24) is 5.32 Å². The van der Waals surface area contributed by atoms with Crippen LogP contribution >= 0.6 is 0 Å². The van der Waals surface area contributed by atoms with Crippen LogP contribution in [-0.4, -0.2) is 12.5 Å². The molecule has 1 aliphatic heterocycles. The van der Waals surface area contributed by atoms with E-state index in [1.165, 1.54) is 5.57 Å². The molecule has 0 saturated carbocycles. The van der Waals surface area contributed by atoms with Crippen LogP contribution in [0.25, 0.3) is 0 Å². The van der Waals surface area contributed by atoms with Gasteiger partial charge in [0, 0.05) is 12.1 Å². The molecule has 0 unspecified atom stereocenters. The minimum absolute atomic E-state index is 0.00579. The predicted molar refractivity (Wildman–Crippen MR) is 54.3 cm³/mol. The highest BCUT2D eigenvalue weighted by Gasteiger charge is 2.15. The summed E-state index contributed by atoms with van der Waals surface area (Å²) in [5.41, 5.74) is 3.02. The van der Waals surface area contributed by atoms with Crippen LogP contribution in [-0.2, 0) is 4.79 Å². The fraction of sp³-hybridized carbons (Fsp3) is 0.364. The molecule has 0 aromatic carbocycles. The maximum atomic E-state index is 11.3. The van der Waals surface area contributed by atoms with Crippen molar-refractivity contribution in [3.8, 4) is 0 Å². The highest BCUT2D eigenvalue weighted by molar-refractivity contribution is 5.98. The van der Waals surface area contributed by atoms with Crippen molar-refractivity contribution >= 4 is 5.91 Å². The van der Waals surface area contributed by atoms with Crippen molar-refractivity contribution in [2.45, 2.75) is 20.3 Å². The van der Waals surface area contributed by atoms with Gasteiger partial charge in [0.2, 0.25) is 0 Å². The van der Waals surface area contributed by atoms with E-state index in [1.54, 1.807) is 6.08 Å². The Morgan fingerprint density at radius 3 is 2.77 bits per heavy atom. The molecule has 0 aromatic rings. The average molecular weight is 177 g/mol. The van der Waals surface area contributed by atoms with E-state index >= 15 is 0 Å². The van der Waals surface area contributed by atoms with Gasteiger partial charge in [0.05, 0.1) is 0 Å². The lowest BCUT2D eigenvalue weighted by atomic mass is 9.99. The molecule has 13 heavy (non-hydrogen) atoms. The number of nitrogens with one attached hydrogen (secondary N) is 1. The lowest BCUT2D eigenvalue weighted by molar-refractivity contribution is -0.117. The van der Waals surface area contributed by atoms with Gasteiger partial charge < -0.3 is 5.32 Å². The van der Waals surface area contributed by atoms with Crippen LogP contribution in [0.4, 0.5) is 0 Å². The van der Waals surface area contributed by atoms with Crippen LogP contribution in [0.5, 0.6) is 0 Å². The second-order valence-electron chi connectivity index (χ2n) is 3.37. The minimum Gasteiger partial charge on any atom is -0.352 e. The molecule has 1 rings (SSSR count). The molecular formula is C11H15NO. The maximum Gasteiger partial charge on any atom is 0.251 e. The first-order chi connectivity index (χ1) is 6.15. The molecule has 2 nitrogen and oxygen atoms in total. The zero-order chi connectivity index (χ0) is 9.84. The SMILES string of the molecule is C=CC1=C(C=C(C)C)CCNC1=O. The van der Waals surface area contributed by atoms with Gasteiger partial charge in [0.1, 0.15) is 0 Å². The van der Waals surface area contributed by atoms with Crippen molar-refractivity contribution in [1.29, 1.82) is 0 Å². The predicted octanol–water partition coefficient (Wildman–Crippen LogP) is 1.96. The van der Waals surface area contributed by atoms with Gasteiger partial charge in [-0.25, -0.2) is 0 Å². The van der Waals surface area contributed by atoms with E-state index in [-0.39, 0.29) is 5.91 Å². The van der Waals surface area contributed by atoms with Crippen molar-refractivity contribution in [2.24, 2.45) is 0 Å². The number of carbonyl (C=O) groups excluding carboxylic acids is 1. The molecule has 0 atom stereocenters. The summed E-state index contributed by atoms with van der Waals surface area (Å²) in [6, 6.07) is 0. The van der Waals surface area contributed by atoms with E-state index in [4.69, 9.17) is 0 Å². The lowest BCUT2D eigenvalue weighted by Crippen LogP contribution is -2.30. The summed E-state index contributed by atoms with van der Waals surface area (Å²) >= 11 is 0. The third-order valence-corrected chi connectivity index (χ3v) is 1.94. The summed E-state index contributed by atoms with van der Waals surface area (Å²) in [5, 5.41) is 2.79. The molecule has 0 bridgehead atoms. The molecule has 0 fully saturated rings.